The summed E-state index contributed by atoms with van der Waals surface area (Å²) in [5.41, 5.74) is 2.53. The van der Waals surface area contributed by atoms with Gasteiger partial charge in [-0.2, -0.15) is 5.10 Å². The van der Waals surface area contributed by atoms with Crippen LogP contribution >= 0.6 is 11.6 Å². The first-order valence-electron chi connectivity index (χ1n) is 12.1. The zero-order valence-electron chi connectivity index (χ0n) is 20.7. The molecule has 190 valence electrons. The Morgan fingerprint density at radius 2 is 1.73 bits per heavy atom. The highest BCUT2D eigenvalue weighted by Gasteiger charge is 2.21. The Labute approximate surface area is 220 Å². The van der Waals surface area contributed by atoms with Crippen molar-refractivity contribution < 1.29 is 14.0 Å². The molecule has 1 heterocycles. The van der Waals surface area contributed by atoms with Gasteiger partial charge in [-0.05, 0) is 54.8 Å². The van der Waals surface area contributed by atoms with Gasteiger partial charge in [0, 0.05) is 28.8 Å². The number of carbonyl (C=O) groups excluding carboxylic acids is 2. The molecule has 0 aliphatic rings. The summed E-state index contributed by atoms with van der Waals surface area (Å²) in [6.45, 7) is 4.40. The van der Waals surface area contributed by atoms with E-state index in [1.165, 1.54) is 17.0 Å². The van der Waals surface area contributed by atoms with Gasteiger partial charge in [0.25, 0.3) is 5.91 Å². The van der Waals surface area contributed by atoms with Crippen LogP contribution in [0.2, 0.25) is 5.02 Å². The van der Waals surface area contributed by atoms with Crippen LogP contribution in [-0.2, 0) is 4.79 Å². The third kappa shape index (κ3) is 6.83. The molecule has 0 bridgehead atoms. The Morgan fingerprint density at radius 1 is 1.00 bits per heavy atom. The smallest absolute Gasteiger partial charge is 0.254 e. The Kier molecular flexibility index (Phi) is 8.36. The van der Waals surface area contributed by atoms with Crippen molar-refractivity contribution in [2.24, 2.45) is 5.92 Å². The predicted octanol–water partition coefficient (Wildman–Crippen LogP) is 6.46. The molecular weight excluding hydrogens is 491 g/mol. The van der Waals surface area contributed by atoms with Crippen LogP contribution in [0.1, 0.15) is 30.6 Å². The fourth-order valence-corrected chi connectivity index (χ4v) is 4.02. The third-order valence-electron chi connectivity index (χ3n) is 5.79. The maximum absolute atomic E-state index is 13.6. The van der Waals surface area contributed by atoms with Gasteiger partial charge in [0.05, 0.1) is 11.4 Å². The Bertz CT molecular complexity index is 1370. The van der Waals surface area contributed by atoms with E-state index in [1.807, 2.05) is 30.3 Å². The minimum atomic E-state index is -0.373. The first-order chi connectivity index (χ1) is 17.8. The monoisotopic (exact) mass is 518 g/mol. The standard InChI is InChI=1S/C29H28ClFN4O2/c1-20(2)15-16-34(29(37)22-9-6-10-23(30)17-22)19-28(36)32-27-18-26(21-7-4-3-5-8-21)33-35(27)25-13-11-24(31)12-14-25/h3-14,17-18,20H,15-16,19H2,1-2H3,(H,32,36). The highest BCUT2D eigenvalue weighted by molar-refractivity contribution is 6.31. The number of rotatable bonds is 9. The van der Waals surface area contributed by atoms with E-state index >= 15 is 0 Å². The number of aromatic nitrogens is 2. The third-order valence-corrected chi connectivity index (χ3v) is 6.02. The van der Waals surface area contributed by atoms with E-state index in [1.54, 1.807) is 47.1 Å². The van der Waals surface area contributed by atoms with Gasteiger partial charge in [-0.15, -0.1) is 0 Å². The quantitative estimate of drug-likeness (QED) is 0.276. The molecule has 0 unspecified atom stereocenters. The number of anilines is 1. The van der Waals surface area contributed by atoms with Crippen molar-refractivity contribution in [3.63, 3.8) is 0 Å². The van der Waals surface area contributed by atoms with Gasteiger partial charge in [0.15, 0.2) is 0 Å². The highest BCUT2D eigenvalue weighted by atomic mass is 35.5. The molecule has 6 nitrogen and oxygen atoms in total. The van der Waals surface area contributed by atoms with Gasteiger partial charge < -0.3 is 10.2 Å². The Hall–Kier alpha value is -3.97. The molecule has 0 radical (unpaired) electrons. The molecule has 0 fully saturated rings. The predicted molar refractivity (Wildman–Crippen MR) is 144 cm³/mol. The van der Waals surface area contributed by atoms with Crippen LogP contribution in [-0.4, -0.2) is 39.6 Å². The molecule has 4 aromatic rings. The summed E-state index contributed by atoms with van der Waals surface area (Å²) in [7, 11) is 0. The van der Waals surface area contributed by atoms with E-state index in [-0.39, 0.29) is 24.2 Å². The first-order valence-corrected chi connectivity index (χ1v) is 12.4. The number of nitrogens with one attached hydrogen (secondary N) is 1. The molecule has 0 saturated heterocycles. The average molecular weight is 519 g/mol. The summed E-state index contributed by atoms with van der Waals surface area (Å²) in [4.78, 5) is 28.0. The SMILES string of the molecule is CC(C)CCN(CC(=O)Nc1cc(-c2ccccc2)nn1-c1ccc(F)cc1)C(=O)c1cccc(Cl)c1. The second-order valence-electron chi connectivity index (χ2n) is 9.14. The van der Waals surface area contributed by atoms with E-state index in [0.29, 0.717) is 40.2 Å². The maximum Gasteiger partial charge on any atom is 0.254 e. The molecule has 2 amide bonds. The first kappa shape index (κ1) is 26.1. The molecule has 1 aromatic heterocycles. The van der Waals surface area contributed by atoms with Crippen LogP contribution in [0.15, 0.2) is 84.9 Å². The second kappa shape index (κ2) is 11.8. The Balaban J connectivity index is 1.60. The number of hydrogen-bond donors (Lipinski definition) is 1. The van der Waals surface area contributed by atoms with Crippen LogP contribution < -0.4 is 5.32 Å². The van der Waals surface area contributed by atoms with Gasteiger partial charge in [0.1, 0.15) is 18.2 Å². The van der Waals surface area contributed by atoms with Crippen molar-refractivity contribution in [1.29, 1.82) is 0 Å². The van der Waals surface area contributed by atoms with Gasteiger partial charge in [-0.3, -0.25) is 9.59 Å². The lowest BCUT2D eigenvalue weighted by Crippen LogP contribution is -2.39. The summed E-state index contributed by atoms with van der Waals surface area (Å²) >= 11 is 6.09. The van der Waals surface area contributed by atoms with Crippen LogP contribution in [0, 0.1) is 11.7 Å². The number of amides is 2. The Morgan fingerprint density at radius 3 is 2.41 bits per heavy atom. The molecule has 0 aliphatic carbocycles. The lowest BCUT2D eigenvalue weighted by atomic mass is 10.1. The number of hydrogen-bond acceptors (Lipinski definition) is 3. The van der Waals surface area contributed by atoms with Crippen molar-refractivity contribution in [1.82, 2.24) is 14.7 Å². The molecule has 8 heteroatoms. The van der Waals surface area contributed by atoms with Gasteiger partial charge in [0.2, 0.25) is 5.91 Å². The normalized spacial score (nSPS) is 10.9. The molecule has 1 N–H and O–H groups in total. The summed E-state index contributed by atoms with van der Waals surface area (Å²) < 4.78 is 15.1. The molecule has 37 heavy (non-hydrogen) atoms. The van der Waals surface area contributed by atoms with E-state index in [0.717, 1.165) is 12.0 Å². The molecule has 0 aliphatic heterocycles. The number of nitrogens with zero attached hydrogens (tertiary/aromatic N) is 3. The van der Waals surface area contributed by atoms with Crippen molar-refractivity contribution >= 4 is 29.2 Å². The largest absolute Gasteiger partial charge is 0.329 e. The van der Waals surface area contributed by atoms with Crippen LogP contribution in [0.25, 0.3) is 16.9 Å². The summed E-state index contributed by atoms with van der Waals surface area (Å²) in [6.07, 6.45) is 0.741. The van der Waals surface area contributed by atoms with Crippen molar-refractivity contribution in [2.45, 2.75) is 20.3 Å². The van der Waals surface area contributed by atoms with Crippen molar-refractivity contribution in [3.05, 3.63) is 101 Å². The van der Waals surface area contributed by atoms with E-state index < -0.39 is 0 Å². The molecule has 0 atom stereocenters. The van der Waals surface area contributed by atoms with Gasteiger partial charge >= 0.3 is 0 Å². The summed E-state index contributed by atoms with van der Waals surface area (Å²) in [6, 6.07) is 23.8. The highest BCUT2D eigenvalue weighted by Crippen LogP contribution is 2.25. The van der Waals surface area contributed by atoms with Crippen LogP contribution in [0.4, 0.5) is 10.2 Å². The lowest BCUT2D eigenvalue weighted by molar-refractivity contribution is -0.117. The molecule has 3 aromatic carbocycles. The topological polar surface area (TPSA) is 67.2 Å². The molecule has 0 spiro atoms. The zero-order valence-corrected chi connectivity index (χ0v) is 21.5. The summed E-state index contributed by atoms with van der Waals surface area (Å²) in [5.74, 6) is -0.247. The number of carbonyl (C=O) groups is 2. The van der Waals surface area contributed by atoms with Crippen molar-refractivity contribution in [3.8, 4) is 16.9 Å². The number of halogens is 2. The average Bonchev–Trinajstić information content (AvgIpc) is 3.30. The van der Waals surface area contributed by atoms with E-state index in [2.05, 4.69) is 24.3 Å². The minimum absolute atomic E-state index is 0.146. The molecule has 0 saturated carbocycles. The second-order valence-corrected chi connectivity index (χ2v) is 9.57. The lowest BCUT2D eigenvalue weighted by Gasteiger charge is -2.23. The van der Waals surface area contributed by atoms with Crippen molar-refractivity contribution in [2.75, 3.05) is 18.4 Å². The van der Waals surface area contributed by atoms with Gasteiger partial charge in [-0.1, -0.05) is 61.8 Å². The van der Waals surface area contributed by atoms with E-state index in [9.17, 15) is 14.0 Å². The summed E-state index contributed by atoms with van der Waals surface area (Å²) in [5, 5.41) is 8.00. The fraction of sp³-hybridized carbons (Fsp3) is 0.207. The zero-order chi connectivity index (χ0) is 26.4. The number of benzene rings is 3. The van der Waals surface area contributed by atoms with Crippen LogP contribution in [0.5, 0.6) is 0 Å². The van der Waals surface area contributed by atoms with E-state index in [4.69, 9.17) is 11.6 Å². The van der Waals surface area contributed by atoms with Crippen LogP contribution in [0.3, 0.4) is 0 Å². The van der Waals surface area contributed by atoms with Gasteiger partial charge in [-0.25, -0.2) is 9.07 Å². The molecule has 4 rings (SSSR count). The fourth-order valence-electron chi connectivity index (χ4n) is 3.83. The minimum Gasteiger partial charge on any atom is -0.329 e. The molecular formula is C29H28ClFN4O2. The maximum atomic E-state index is 13.6.